The summed E-state index contributed by atoms with van der Waals surface area (Å²) in [5.41, 5.74) is 1.35. The lowest BCUT2D eigenvalue weighted by Gasteiger charge is -2.07. The molecule has 0 fully saturated rings. The third-order valence-corrected chi connectivity index (χ3v) is 4.76. The summed E-state index contributed by atoms with van der Waals surface area (Å²) in [6.07, 6.45) is 0. The molecule has 138 valence electrons. The van der Waals surface area contributed by atoms with Crippen molar-refractivity contribution in [2.24, 2.45) is 0 Å². The first kappa shape index (κ1) is 19.1. The number of methoxy groups -OCH3 is 2. The Hall–Kier alpha value is -2.64. The Balaban J connectivity index is 2.40. The van der Waals surface area contributed by atoms with Gasteiger partial charge in [-0.15, -0.1) is 0 Å². The Bertz CT molecular complexity index is 1020. The second kappa shape index (κ2) is 7.94. The number of hydrogen-bond donors (Lipinski definition) is 0. The topological polar surface area (TPSA) is 70.4 Å². The second-order valence-electron chi connectivity index (χ2n) is 5.43. The maximum Gasteiger partial charge on any atom is 0.357 e. The van der Waals surface area contributed by atoms with Gasteiger partial charge < -0.3 is 9.47 Å². The van der Waals surface area contributed by atoms with Crippen LogP contribution in [0, 0.1) is 0 Å². The molecule has 1 aromatic heterocycles. The van der Waals surface area contributed by atoms with E-state index >= 15 is 0 Å². The number of hydrogen-bond acceptors (Lipinski definition) is 5. The molecule has 0 aliphatic carbocycles. The van der Waals surface area contributed by atoms with E-state index in [9.17, 15) is 9.59 Å². The first-order valence-electron chi connectivity index (χ1n) is 7.78. The molecule has 0 bridgehead atoms. The number of ether oxygens (including phenoxy) is 2. The number of carbonyl (C=O) groups is 2. The van der Waals surface area contributed by atoms with E-state index in [-0.39, 0.29) is 17.0 Å². The van der Waals surface area contributed by atoms with Gasteiger partial charge in [0.1, 0.15) is 11.3 Å². The monoisotopic (exact) mass is 448 g/mol. The molecule has 1 heterocycles. The van der Waals surface area contributed by atoms with Crippen molar-refractivity contribution in [3.63, 3.8) is 0 Å². The van der Waals surface area contributed by atoms with Crippen LogP contribution in [0.1, 0.15) is 20.8 Å². The molecule has 0 radical (unpaired) electrons. The van der Waals surface area contributed by atoms with E-state index in [4.69, 9.17) is 21.1 Å². The smallest absolute Gasteiger partial charge is 0.357 e. The van der Waals surface area contributed by atoms with Crippen molar-refractivity contribution in [3.8, 4) is 16.9 Å². The standard InChI is InChI=1S/C19H14BrClN2O4/c1-26-18(24)15-16(13-10-11(21)8-9-14(13)20)22-23(17(15)19(25)27-2)12-6-4-3-5-7-12/h3-10H,1-2H3. The van der Waals surface area contributed by atoms with Crippen molar-refractivity contribution in [1.82, 2.24) is 9.78 Å². The van der Waals surface area contributed by atoms with Gasteiger partial charge in [-0.05, 0) is 30.3 Å². The fourth-order valence-corrected chi connectivity index (χ4v) is 3.23. The fraction of sp³-hybridized carbons (Fsp3) is 0.105. The molecule has 0 amide bonds. The van der Waals surface area contributed by atoms with Crippen molar-refractivity contribution in [3.05, 3.63) is 69.3 Å². The fourth-order valence-electron chi connectivity index (χ4n) is 2.62. The highest BCUT2D eigenvalue weighted by molar-refractivity contribution is 9.10. The van der Waals surface area contributed by atoms with Crippen LogP contribution in [0.15, 0.2) is 53.0 Å². The Morgan fingerprint density at radius 2 is 1.70 bits per heavy atom. The molecule has 0 saturated carbocycles. The maximum atomic E-state index is 12.6. The van der Waals surface area contributed by atoms with Gasteiger partial charge in [0, 0.05) is 15.1 Å². The van der Waals surface area contributed by atoms with Gasteiger partial charge in [0.05, 0.1) is 19.9 Å². The van der Waals surface area contributed by atoms with E-state index in [0.717, 1.165) is 0 Å². The van der Waals surface area contributed by atoms with Gasteiger partial charge in [0.25, 0.3) is 0 Å². The van der Waals surface area contributed by atoms with Crippen LogP contribution in [0.4, 0.5) is 0 Å². The Kier molecular flexibility index (Phi) is 5.62. The number of rotatable bonds is 4. The molecule has 3 rings (SSSR count). The lowest BCUT2D eigenvalue weighted by molar-refractivity contribution is 0.0549. The van der Waals surface area contributed by atoms with E-state index in [2.05, 4.69) is 21.0 Å². The Morgan fingerprint density at radius 3 is 2.33 bits per heavy atom. The van der Waals surface area contributed by atoms with Crippen molar-refractivity contribution in [2.45, 2.75) is 0 Å². The lowest BCUT2D eigenvalue weighted by atomic mass is 10.1. The molecule has 0 saturated heterocycles. The molecule has 3 aromatic rings. The van der Waals surface area contributed by atoms with Crippen LogP contribution < -0.4 is 0 Å². The molecule has 0 N–H and O–H groups in total. The number of benzene rings is 2. The first-order valence-corrected chi connectivity index (χ1v) is 8.95. The van der Waals surface area contributed by atoms with E-state index in [1.165, 1.54) is 18.9 Å². The largest absolute Gasteiger partial charge is 0.465 e. The summed E-state index contributed by atoms with van der Waals surface area (Å²) in [7, 11) is 2.47. The van der Waals surface area contributed by atoms with Gasteiger partial charge in [0.15, 0.2) is 5.69 Å². The minimum atomic E-state index is -0.712. The average molecular weight is 450 g/mol. The van der Waals surface area contributed by atoms with Crippen LogP contribution in [0.2, 0.25) is 5.02 Å². The summed E-state index contributed by atoms with van der Waals surface area (Å²) < 4.78 is 11.8. The van der Waals surface area contributed by atoms with E-state index < -0.39 is 11.9 Å². The van der Waals surface area contributed by atoms with Crippen molar-refractivity contribution >= 4 is 39.5 Å². The van der Waals surface area contributed by atoms with Crippen LogP contribution in [0.3, 0.4) is 0 Å². The number of carbonyl (C=O) groups excluding carboxylic acids is 2. The van der Waals surface area contributed by atoms with Crippen LogP contribution in [0.25, 0.3) is 16.9 Å². The summed E-state index contributed by atoms with van der Waals surface area (Å²) in [5, 5.41) is 4.97. The number of halogens is 2. The third-order valence-electron chi connectivity index (χ3n) is 3.84. The molecule has 8 heteroatoms. The molecular formula is C19H14BrClN2O4. The minimum Gasteiger partial charge on any atom is -0.465 e. The maximum absolute atomic E-state index is 12.6. The van der Waals surface area contributed by atoms with E-state index in [1.807, 2.05) is 6.07 Å². The predicted molar refractivity (Wildman–Crippen MR) is 104 cm³/mol. The summed E-state index contributed by atoms with van der Waals surface area (Å²) in [5.74, 6) is -1.42. The predicted octanol–water partition coefficient (Wildman–Crippen LogP) is 4.53. The number of esters is 2. The van der Waals surface area contributed by atoms with Crippen LogP contribution in [-0.2, 0) is 9.47 Å². The van der Waals surface area contributed by atoms with Crippen LogP contribution >= 0.6 is 27.5 Å². The molecule has 0 spiro atoms. The van der Waals surface area contributed by atoms with Gasteiger partial charge in [-0.1, -0.05) is 45.7 Å². The summed E-state index contributed by atoms with van der Waals surface area (Å²) in [6, 6.07) is 14.0. The van der Waals surface area contributed by atoms with Gasteiger partial charge >= 0.3 is 11.9 Å². The molecule has 0 aliphatic heterocycles. The summed E-state index contributed by atoms with van der Waals surface area (Å²) in [6.45, 7) is 0. The highest BCUT2D eigenvalue weighted by atomic mass is 79.9. The van der Waals surface area contributed by atoms with Gasteiger partial charge in [0.2, 0.25) is 0 Å². The molecular weight excluding hydrogens is 436 g/mol. The van der Waals surface area contributed by atoms with Crippen LogP contribution in [-0.4, -0.2) is 35.9 Å². The summed E-state index contributed by atoms with van der Waals surface area (Å²) >= 11 is 9.56. The Morgan fingerprint density at radius 1 is 1.04 bits per heavy atom. The third kappa shape index (κ3) is 3.61. The SMILES string of the molecule is COC(=O)c1c(-c2cc(Cl)ccc2Br)nn(-c2ccccc2)c1C(=O)OC. The molecule has 2 aromatic carbocycles. The van der Waals surface area contributed by atoms with Crippen molar-refractivity contribution < 1.29 is 19.1 Å². The van der Waals surface area contributed by atoms with E-state index in [0.29, 0.717) is 20.7 Å². The second-order valence-corrected chi connectivity index (χ2v) is 6.72. The van der Waals surface area contributed by atoms with Gasteiger partial charge in [-0.25, -0.2) is 14.3 Å². The zero-order valence-electron chi connectivity index (χ0n) is 14.4. The number of nitrogens with zero attached hydrogens (tertiary/aromatic N) is 2. The number of para-hydroxylation sites is 1. The normalized spacial score (nSPS) is 10.5. The minimum absolute atomic E-state index is 0.00355. The quantitative estimate of drug-likeness (QED) is 0.547. The van der Waals surface area contributed by atoms with Crippen molar-refractivity contribution in [1.29, 1.82) is 0 Å². The van der Waals surface area contributed by atoms with Crippen LogP contribution in [0.5, 0.6) is 0 Å². The summed E-state index contributed by atoms with van der Waals surface area (Å²) in [4.78, 5) is 25.1. The molecule has 0 atom stereocenters. The number of aromatic nitrogens is 2. The lowest BCUT2D eigenvalue weighted by Crippen LogP contribution is -2.15. The first-order chi connectivity index (χ1) is 13.0. The zero-order valence-corrected chi connectivity index (χ0v) is 16.7. The average Bonchev–Trinajstić information content (AvgIpc) is 3.09. The molecule has 0 unspecified atom stereocenters. The zero-order chi connectivity index (χ0) is 19.6. The molecule has 6 nitrogen and oxygen atoms in total. The highest BCUT2D eigenvalue weighted by Crippen LogP contribution is 2.35. The van der Waals surface area contributed by atoms with Gasteiger partial charge in [-0.3, -0.25) is 0 Å². The van der Waals surface area contributed by atoms with Crippen molar-refractivity contribution in [2.75, 3.05) is 14.2 Å². The molecule has 0 aliphatic rings. The van der Waals surface area contributed by atoms with E-state index in [1.54, 1.807) is 42.5 Å². The Labute approximate surface area is 168 Å². The highest BCUT2D eigenvalue weighted by Gasteiger charge is 2.32. The molecule has 27 heavy (non-hydrogen) atoms. The van der Waals surface area contributed by atoms with Gasteiger partial charge in [-0.2, -0.15) is 5.10 Å².